The summed E-state index contributed by atoms with van der Waals surface area (Å²) in [5, 5.41) is 0. The first-order valence-corrected chi connectivity index (χ1v) is 32.6. The molecule has 0 amide bonds. The third kappa shape index (κ3) is 60.2. The SMILES string of the molecule is CCC/C=C\CCCCCCCC(=O)OCC(COC(=O)CCCCCCCCCCCCCC/C=C\C/C=C\C/C=C\CCCCCCC)OC(=O)CCCCCCCCCCCCCCCCCCCCC. The first kappa shape index (κ1) is 71.4. The van der Waals surface area contributed by atoms with Crippen LogP contribution in [0.5, 0.6) is 0 Å². The van der Waals surface area contributed by atoms with Crippen molar-refractivity contribution in [1.29, 1.82) is 0 Å². The Hall–Kier alpha value is -2.63. The Balaban J connectivity index is 4.18. The van der Waals surface area contributed by atoms with Crippen molar-refractivity contribution in [1.82, 2.24) is 0 Å². The molecular weight excluding hydrogens is 913 g/mol. The summed E-state index contributed by atoms with van der Waals surface area (Å²) in [4.78, 5) is 38.2. The summed E-state index contributed by atoms with van der Waals surface area (Å²) < 4.78 is 16.9. The maximum Gasteiger partial charge on any atom is 0.306 e. The second kappa shape index (κ2) is 62.9. The van der Waals surface area contributed by atoms with E-state index in [-0.39, 0.29) is 31.1 Å². The highest BCUT2D eigenvalue weighted by Crippen LogP contribution is 2.17. The standard InChI is InChI=1S/C68H124O6/c1-4-7-10-13-16-19-22-24-26-28-30-31-32-33-34-35-36-37-39-40-42-44-46-49-52-55-58-61-67(70)73-64-65(63-72-66(69)60-57-54-51-48-21-18-15-12-9-6-3)74-68(71)62-59-56-53-50-47-45-43-41-38-29-27-25-23-20-17-14-11-8-5-2/h12,15,22,24,28,30,32-33,65H,4-11,13-14,16-21,23,25-27,29,31,34-64H2,1-3H3/b15-12-,24-22-,30-28-,33-32-. The maximum absolute atomic E-state index is 12.9. The number of carbonyl (C=O) groups is 3. The number of rotatable bonds is 60. The van der Waals surface area contributed by atoms with Crippen molar-refractivity contribution in [2.24, 2.45) is 0 Å². The molecule has 0 heterocycles. The van der Waals surface area contributed by atoms with Crippen LogP contribution in [0.4, 0.5) is 0 Å². The van der Waals surface area contributed by atoms with Crippen molar-refractivity contribution in [3.8, 4) is 0 Å². The minimum absolute atomic E-state index is 0.0730. The monoisotopic (exact) mass is 1040 g/mol. The summed E-state index contributed by atoms with van der Waals surface area (Å²) in [6, 6.07) is 0. The van der Waals surface area contributed by atoms with E-state index in [2.05, 4.69) is 69.4 Å². The van der Waals surface area contributed by atoms with E-state index in [1.807, 2.05) is 0 Å². The number of esters is 3. The molecule has 0 saturated heterocycles. The van der Waals surface area contributed by atoms with Crippen molar-refractivity contribution >= 4 is 17.9 Å². The molecule has 1 atom stereocenters. The first-order chi connectivity index (χ1) is 36.5. The van der Waals surface area contributed by atoms with Gasteiger partial charge in [-0.3, -0.25) is 14.4 Å². The molecule has 432 valence electrons. The van der Waals surface area contributed by atoms with E-state index in [9.17, 15) is 14.4 Å². The summed E-state index contributed by atoms with van der Waals surface area (Å²) in [6.45, 7) is 6.61. The third-order valence-electron chi connectivity index (χ3n) is 14.5. The van der Waals surface area contributed by atoms with Crippen LogP contribution in [0.3, 0.4) is 0 Å². The smallest absolute Gasteiger partial charge is 0.306 e. The van der Waals surface area contributed by atoms with Gasteiger partial charge in [-0.1, -0.05) is 301 Å². The predicted octanol–water partition coefficient (Wildman–Crippen LogP) is 22.2. The molecule has 6 nitrogen and oxygen atoms in total. The summed E-state index contributed by atoms with van der Waals surface area (Å²) in [5.74, 6) is -0.865. The maximum atomic E-state index is 12.9. The summed E-state index contributed by atoms with van der Waals surface area (Å²) in [5.41, 5.74) is 0. The Bertz CT molecular complexity index is 1280. The van der Waals surface area contributed by atoms with Crippen molar-refractivity contribution in [2.45, 2.75) is 354 Å². The fourth-order valence-electron chi connectivity index (χ4n) is 9.63. The molecule has 0 aliphatic carbocycles. The third-order valence-corrected chi connectivity index (χ3v) is 14.5. The van der Waals surface area contributed by atoms with Crippen LogP contribution in [-0.2, 0) is 28.6 Å². The van der Waals surface area contributed by atoms with Gasteiger partial charge in [-0.15, -0.1) is 0 Å². The zero-order chi connectivity index (χ0) is 53.6. The van der Waals surface area contributed by atoms with E-state index in [1.54, 1.807) is 0 Å². The molecule has 0 fully saturated rings. The molecule has 0 N–H and O–H groups in total. The van der Waals surface area contributed by atoms with Crippen molar-refractivity contribution in [2.75, 3.05) is 13.2 Å². The highest BCUT2D eigenvalue weighted by Gasteiger charge is 2.19. The van der Waals surface area contributed by atoms with Gasteiger partial charge < -0.3 is 14.2 Å². The number of unbranched alkanes of at least 4 members (excludes halogenated alkanes) is 41. The van der Waals surface area contributed by atoms with Gasteiger partial charge in [0.25, 0.3) is 0 Å². The van der Waals surface area contributed by atoms with Crippen LogP contribution < -0.4 is 0 Å². The second-order valence-electron chi connectivity index (χ2n) is 22.0. The molecule has 0 saturated carbocycles. The summed E-state index contributed by atoms with van der Waals surface area (Å²) in [6.07, 6.45) is 78.5. The van der Waals surface area contributed by atoms with Crippen LogP contribution in [0.25, 0.3) is 0 Å². The van der Waals surface area contributed by atoms with E-state index in [0.29, 0.717) is 19.3 Å². The van der Waals surface area contributed by atoms with E-state index in [0.717, 1.165) is 83.5 Å². The predicted molar refractivity (Wildman–Crippen MR) is 321 cm³/mol. The van der Waals surface area contributed by atoms with E-state index < -0.39 is 6.10 Å². The average molecular weight is 1040 g/mol. The Morgan fingerprint density at radius 1 is 0.270 bits per heavy atom. The highest BCUT2D eigenvalue weighted by molar-refractivity contribution is 5.71. The van der Waals surface area contributed by atoms with Gasteiger partial charge in [0.2, 0.25) is 0 Å². The van der Waals surface area contributed by atoms with Gasteiger partial charge >= 0.3 is 17.9 Å². The number of hydrogen-bond donors (Lipinski definition) is 0. The summed E-state index contributed by atoms with van der Waals surface area (Å²) >= 11 is 0. The second-order valence-corrected chi connectivity index (χ2v) is 22.0. The Morgan fingerprint density at radius 3 is 0.824 bits per heavy atom. The molecule has 0 rings (SSSR count). The minimum atomic E-state index is -0.774. The molecule has 1 unspecified atom stereocenters. The zero-order valence-corrected chi connectivity index (χ0v) is 49.6. The van der Waals surface area contributed by atoms with E-state index >= 15 is 0 Å². The fraction of sp³-hybridized carbons (Fsp3) is 0.838. The lowest BCUT2D eigenvalue weighted by molar-refractivity contribution is -0.167. The Morgan fingerprint density at radius 2 is 0.514 bits per heavy atom. The molecule has 0 aliphatic rings. The van der Waals surface area contributed by atoms with Crippen molar-refractivity contribution in [3.05, 3.63) is 48.6 Å². The molecule has 0 aromatic rings. The van der Waals surface area contributed by atoms with Gasteiger partial charge in [-0.2, -0.15) is 0 Å². The lowest BCUT2D eigenvalue weighted by Gasteiger charge is -2.18. The summed E-state index contributed by atoms with van der Waals surface area (Å²) in [7, 11) is 0. The highest BCUT2D eigenvalue weighted by atomic mass is 16.6. The number of carbonyl (C=O) groups excluding carboxylic acids is 3. The molecular formula is C68H124O6. The zero-order valence-electron chi connectivity index (χ0n) is 49.6. The van der Waals surface area contributed by atoms with Crippen LogP contribution >= 0.6 is 0 Å². The molecule has 74 heavy (non-hydrogen) atoms. The topological polar surface area (TPSA) is 78.9 Å². The van der Waals surface area contributed by atoms with Gasteiger partial charge in [-0.05, 0) is 77.0 Å². The largest absolute Gasteiger partial charge is 0.462 e. The molecule has 0 radical (unpaired) electrons. The van der Waals surface area contributed by atoms with Crippen molar-refractivity contribution < 1.29 is 28.6 Å². The van der Waals surface area contributed by atoms with Crippen LogP contribution in [0.15, 0.2) is 48.6 Å². The average Bonchev–Trinajstić information content (AvgIpc) is 3.40. The molecule has 6 heteroatoms. The van der Waals surface area contributed by atoms with E-state index in [4.69, 9.17) is 14.2 Å². The Kier molecular flexibility index (Phi) is 60.7. The lowest BCUT2D eigenvalue weighted by atomic mass is 10.0. The van der Waals surface area contributed by atoms with Gasteiger partial charge in [0.15, 0.2) is 6.10 Å². The van der Waals surface area contributed by atoms with Gasteiger partial charge in [0.1, 0.15) is 13.2 Å². The molecule has 0 aliphatic heterocycles. The molecule has 0 aromatic heterocycles. The van der Waals surface area contributed by atoms with Gasteiger partial charge in [0, 0.05) is 19.3 Å². The van der Waals surface area contributed by atoms with Crippen LogP contribution in [-0.4, -0.2) is 37.2 Å². The van der Waals surface area contributed by atoms with Crippen LogP contribution in [0.1, 0.15) is 348 Å². The van der Waals surface area contributed by atoms with Crippen LogP contribution in [0, 0.1) is 0 Å². The molecule has 0 bridgehead atoms. The normalized spacial score (nSPS) is 12.3. The van der Waals surface area contributed by atoms with Gasteiger partial charge in [-0.25, -0.2) is 0 Å². The number of ether oxygens (including phenoxy) is 3. The number of allylic oxidation sites excluding steroid dienone is 8. The number of hydrogen-bond acceptors (Lipinski definition) is 6. The van der Waals surface area contributed by atoms with Crippen LogP contribution in [0.2, 0.25) is 0 Å². The fourth-order valence-corrected chi connectivity index (χ4v) is 9.63. The molecule has 0 aromatic carbocycles. The van der Waals surface area contributed by atoms with Crippen molar-refractivity contribution in [3.63, 3.8) is 0 Å². The molecule has 0 spiro atoms. The lowest BCUT2D eigenvalue weighted by Crippen LogP contribution is -2.30. The minimum Gasteiger partial charge on any atom is -0.462 e. The quantitative estimate of drug-likeness (QED) is 0.0261. The van der Waals surface area contributed by atoms with Gasteiger partial charge in [0.05, 0.1) is 0 Å². The van der Waals surface area contributed by atoms with E-state index in [1.165, 1.54) is 225 Å². The Labute approximate surface area is 460 Å². The first-order valence-electron chi connectivity index (χ1n) is 32.6.